The molecule has 0 amide bonds. The summed E-state index contributed by atoms with van der Waals surface area (Å²) in [5, 5.41) is 8.62. The normalized spacial score (nSPS) is 20.7. The van der Waals surface area contributed by atoms with Crippen LogP contribution in [0.1, 0.15) is 32.6 Å². The lowest BCUT2D eigenvalue weighted by atomic mass is 10.1. The van der Waals surface area contributed by atoms with E-state index in [0.29, 0.717) is 6.10 Å². The van der Waals surface area contributed by atoms with E-state index in [1.807, 2.05) is 0 Å². The number of allylic oxidation sites excluding steroid dienone is 1. The lowest BCUT2D eigenvalue weighted by Crippen LogP contribution is -2.00. The van der Waals surface area contributed by atoms with E-state index in [1.54, 1.807) is 0 Å². The number of rotatable bonds is 9. The molecule has 15 heavy (non-hydrogen) atoms. The summed E-state index contributed by atoms with van der Waals surface area (Å²) in [6.45, 7) is 4.93. The average molecular weight is 214 g/mol. The van der Waals surface area contributed by atoms with E-state index < -0.39 is 0 Å². The van der Waals surface area contributed by atoms with Crippen LogP contribution in [0.15, 0.2) is 11.6 Å². The van der Waals surface area contributed by atoms with Crippen molar-refractivity contribution in [2.45, 2.75) is 38.7 Å². The molecule has 3 nitrogen and oxygen atoms in total. The highest BCUT2D eigenvalue weighted by atomic mass is 16.6. The van der Waals surface area contributed by atoms with E-state index >= 15 is 0 Å². The second-order valence-corrected chi connectivity index (χ2v) is 4.02. The van der Waals surface area contributed by atoms with Crippen molar-refractivity contribution < 1.29 is 14.6 Å². The molecule has 0 aromatic rings. The van der Waals surface area contributed by atoms with Crippen molar-refractivity contribution in [3.63, 3.8) is 0 Å². The maximum atomic E-state index is 8.62. The van der Waals surface area contributed by atoms with Gasteiger partial charge in [-0.25, -0.2) is 0 Å². The maximum absolute atomic E-state index is 8.62. The van der Waals surface area contributed by atoms with Gasteiger partial charge in [0.25, 0.3) is 0 Å². The molecule has 0 aromatic heterocycles. The Morgan fingerprint density at radius 3 is 3.00 bits per heavy atom. The zero-order chi connectivity index (χ0) is 10.9. The number of unbranched alkanes of at least 4 members (excludes halogenated alkanes) is 1. The smallest absolute Gasteiger partial charge is 0.0831 e. The Hall–Kier alpha value is -0.380. The Balaban J connectivity index is 1.86. The summed E-state index contributed by atoms with van der Waals surface area (Å²) in [5.74, 6) is 0. The molecule has 3 heteroatoms. The number of hydrogen-bond donors (Lipinski definition) is 1. The second-order valence-electron chi connectivity index (χ2n) is 4.02. The minimum absolute atomic E-state index is 0.279. The van der Waals surface area contributed by atoms with Gasteiger partial charge in [0.2, 0.25) is 0 Å². The molecule has 1 atom stereocenters. The first-order valence-electron chi connectivity index (χ1n) is 5.78. The minimum Gasteiger partial charge on any atom is -0.396 e. The highest BCUT2D eigenvalue weighted by molar-refractivity contribution is 4.97. The Morgan fingerprint density at radius 1 is 1.53 bits per heavy atom. The van der Waals surface area contributed by atoms with Gasteiger partial charge in [-0.15, -0.1) is 0 Å². The molecule has 1 saturated heterocycles. The number of aliphatic hydroxyl groups excluding tert-OH is 1. The van der Waals surface area contributed by atoms with Gasteiger partial charge in [0.05, 0.1) is 19.3 Å². The van der Waals surface area contributed by atoms with E-state index in [9.17, 15) is 0 Å². The SMILES string of the molecule is C/C(=C\CCCO)CCOCCC1CO1. The van der Waals surface area contributed by atoms with Gasteiger partial charge in [-0.3, -0.25) is 0 Å². The summed E-state index contributed by atoms with van der Waals surface area (Å²) in [6.07, 6.45) is 6.52. The second kappa shape index (κ2) is 7.85. The third kappa shape index (κ3) is 7.54. The van der Waals surface area contributed by atoms with Crippen LogP contribution in [0.25, 0.3) is 0 Å². The molecule has 0 aliphatic carbocycles. The number of hydrogen-bond acceptors (Lipinski definition) is 3. The molecule has 0 radical (unpaired) electrons. The van der Waals surface area contributed by atoms with Crippen LogP contribution in [0, 0.1) is 0 Å². The molecule has 1 aliphatic heterocycles. The Morgan fingerprint density at radius 2 is 2.33 bits per heavy atom. The van der Waals surface area contributed by atoms with Crippen LogP contribution in [0.3, 0.4) is 0 Å². The molecule has 1 aliphatic rings. The van der Waals surface area contributed by atoms with Crippen molar-refractivity contribution in [1.82, 2.24) is 0 Å². The highest BCUT2D eigenvalue weighted by Gasteiger charge is 2.21. The van der Waals surface area contributed by atoms with Gasteiger partial charge in [-0.05, 0) is 32.6 Å². The zero-order valence-electron chi connectivity index (χ0n) is 9.58. The number of aliphatic hydroxyl groups is 1. The van der Waals surface area contributed by atoms with Gasteiger partial charge < -0.3 is 14.6 Å². The zero-order valence-corrected chi connectivity index (χ0v) is 9.58. The lowest BCUT2D eigenvalue weighted by molar-refractivity contribution is 0.128. The summed E-state index contributed by atoms with van der Waals surface area (Å²) in [5.41, 5.74) is 1.35. The Bertz CT molecular complexity index is 185. The van der Waals surface area contributed by atoms with Gasteiger partial charge in [0.1, 0.15) is 0 Å². The molecule has 1 N–H and O–H groups in total. The number of ether oxygens (including phenoxy) is 2. The van der Waals surface area contributed by atoms with Crippen molar-refractivity contribution in [1.29, 1.82) is 0 Å². The summed E-state index contributed by atoms with van der Waals surface area (Å²) >= 11 is 0. The van der Waals surface area contributed by atoms with Crippen LogP contribution in [0.5, 0.6) is 0 Å². The quantitative estimate of drug-likeness (QED) is 0.362. The van der Waals surface area contributed by atoms with Gasteiger partial charge >= 0.3 is 0 Å². The predicted molar refractivity (Wildman–Crippen MR) is 59.9 cm³/mol. The van der Waals surface area contributed by atoms with Crippen molar-refractivity contribution in [3.05, 3.63) is 11.6 Å². The van der Waals surface area contributed by atoms with E-state index in [-0.39, 0.29) is 6.61 Å². The first kappa shape index (κ1) is 12.7. The summed E-state index contributed by atoms with van der Waals surface area (Å²) in [6, 6.07) is 0. The topological polar surface area (TPSA) is 42.0 Å². The van der Waals surface area contributed by atoms with E-state index in [2.05, 4.69) is 13.0 Å². The van der Waals surface area contributed by atoms with Gasteiger partial charge in [0, 0.05) is 13.2 Å². The van der Waals surface area contributed by atoms with Crippen molar-refractivity contribution in [2.24, 2.45) is 0 Å². The van der Waals surface area contributed by atoms with Crippen LogP contribution in [0.4, 0.5) is 0 Å². The van der Waals surface area contributed by atoms with Crippen LogP contribution in [-0.2, 0) is 9.47 Å². The van der Waals surface area contributed by atoms with Crippen LogP contribution < -0.4 is 0 Å². The average Bonchev–Trinajstić information content (AvgIpc) is 3.02. The van der Waals surface area contributed by atoms with Crippen molar-refractivity contribution >= 4 is 0 Å². The summed E-state index contributed by atoms with van der Waals surface area (Å²) < 4.78 is 10.6. The van der Waals surface area contributed by atoms with E-state index in [1.165, 1.54) is 5.57 Å². The fourth-order valence-corrected chi connectivity index (χ4v) is 1.33. The van der Waals surface area contributed by atoms with Crippen molar-refractivity contribution in [3.8, 4) is 0 Å². The molecular formula is C12H22O3. The monoisotopic (exact) mass is 214 g/mol. The summed E-state index contributed by atoms with van der Waals surface area (Å²) in [7, 11) is 0. The highest BCUT2D eigenvalue weighted by Crippen LogP contribution is 2.13. The largest absolute Gasteiger partial charge is 0.396 e. The first-order chi connectivity index (χ1) is 7.33. The van der Waals surface area contributed by atoms with E-state index in [0.717, 1.165) is 45.5 Å². The van der Waals surface area contributed by atoms with Crippen LogP contribution in [-0.4, -0.2) is 37.6 Å². The Kier molecular flexibility index (Phi) is 6.64. The fourth-order valence-electron chi connectivity index (χ4n) is 1.33. The number of epoxide rings is 1. The van der Waals surface area contributed by atoms with Crippen molar-refractivity contribution in [2.75, 3.05) is 26.4 Å². The third-order valence-corrected chi connectivity index (χ3v) is 2.48. The van der Waals surface area contributed by atoms with Gasteiger partial charge in [-0.2, -0.15) is 0 Å². The molecular weight excluding hydrogens is 192 g/mol. The molecule has 0 aromatic carbocycles. The first-order valence-corrected chi connectivity index (χ1v) is 5.78. The van der Waals surface area contributed by atoms with Crippen LogP contribution >= 0.6 is 0 Å². The maximum Gasteiger partial charge on any atom is 0.0831 e. The molecule has 1 heterocycles. The molecule has 88 valence electrons. The molecule has 0 saturated carbocycles. The van der Waals surface area contributed by atoms with Gasteiger partial charge in [0.15, 0.2) is 0 Å². The molecule has 0 bridgehead atoms. The predicted octanol–water partition coefficient (Wildman–Crippen LogP) is 1.90. The lowest BCUT2D eigenvalue weighted by Gasteiger charge is -2.03. The van der Waals surface area contributed by atoms with E-state index in [4.69, 9.17) is 14.6 Å². The summed E-state index contributed by atoms with van der Waals surface area (Å²) in [4.78, 5) is 0. The molecule has 1 unspecified atom stereocenters. The standard InChI is InChI=1S/C12H22O3/c1-11(4-2-3-7-13)5-8-14-9-6-12-10-15-12/h4,12-13H,2-3,5-10H2,1H3/b11-4+. The molecule has 1 rings (SSSR count). The molecule has 1 fully saturated rings. The molecule has 0 spiro atoms. The third-order valence-electron chi connectivity index (χ3n) is 2.48. The minimum atomic E-state index is 0.279. The Labute approximate surface area is 92.1 Å². The van der Waals surface area contributed by atoms with Crippen LogP contribution in [0.2, 0.25) is 0 Å². The van der Waals surface area contributed by atoms with Gasteiger partial charge in [-0.1, -0.05) is 11.6 Å². The fraction of sp³-hybridized carbons (Fsp3) is 0.833.